The molecule has 0 spiro atoms. The molecule has 0 aliphatic heterocycles. The van der Waals surface area contributed by atoms with Gasteiger partial charge in [0, 0.05) is 0 Å². The molecule has 0 aliphatic rings. The zero-order valence-corrected chi connectivity index (χ0v) is 10.5. The number of rotatable bonds is 4. The van der Waals surface area contributed by atoms with Crippen LogP contribution >= 0.6 is 0 Å². The number of benzene rings is 1. The molecule has 0 atom stereocenters. The largest absolute Gasteiger partial charge is 0.346 e. The first-order chi connectivity index (χ1) is 10.4. The van der Waals surface area contributed by atoms with Gasteiger partial charge in [0.1, 0.15) is 12.2 Å². The minimum Gasteiger partial charge on any atom is -0.346 e. The van der Waals surface area contributed by atoms with Crippen LogP contribution in [0.1, 0.15) is 0 Å². The first kappa shape index (κ1) is 11.5. The molecule has 0 saturated heterocycles. The van der Waals surface area contributed by atoms with Crippen LogP contribution in [0.3, 0.4) is 0 Å². The number of aromatic nitrogens is 7. The number of fused-ring (bicyclic) bond motifs is 1. The molecule has 3 heterocycles. The summed E-state index contributed by atoms with van der Waals surface area (Å²) in [5, 5.41) is 22.4. The molecule has 10 heteroatoms. The summed E-state index contributed by atoms with van der Waals surface area (Å²) in [6, 6.07) is 7.65. The van der Waals surface area contributed by atoms with Gasteiger partial charge in [-0.15, -0.1) is 5.10 Å². The third-order valence-corrected chi connectivity index (χ3v) is 2.88. The zero-order valence-electron chi connectivity index (χ0n) is 10.5. The zero-order chi connectivity index (χ0) is 14.1. The van der Waals surface area contributed by atoms with Crippen molar-refractivity contribution in [3.8, 4) is 11.5 Å². The van der Waals surface area contributed by atoms with E-state index in [1.807, 2.05) is 24.3 Å². The van der Waals surface area contributed by atoms with Crippen molar-refractivity contribution in [3.63, 3.8) is 0 Å². The second kappa shape index (κ2) is 4.67. The average molecular weight is 284 g/mol. The minimum atomic E-state index is 0.294. The first-order valence-electron chi connectivity index (χ1n) is 6.03. The van der Waals surface area contributed by atoms with Gasteiger partial charge < -0.3 is 9.84 Å². The Kier molecular flexibility index (Phi) is 2.56. The molecule has 21 heavy (non-hydrogen) atoms. The second-order valence-electron chi connectivity index (χ2n) is 4.13. The van der Waals surface area contributed by atoms with E-state index in [-0.39, 0.29) is 0 Å². The van der Waals surface area contributed by atoms with Crippen molar-refractivity contribution in [2.75, 3.05) is 5.32 Å². The fourth-order valence-electron chi connectivity index (χ4n) is 1.91. The molecule has 1 N–H and O–H groups in total. The van der Waals surface area contributed by atoms with Crippen molar-refractivity contribution in [2.45, 2.75) is 6.67 Å². The number of nitrogens with zero attached hydrogens (tertiary/aromatic N) is 7. The SMILES string of the molecule is c1ccc2c(c1)nnn2CNc1nonc1-c1ncon1. The fraction of sp³-hybridized carbons (Fsp3) is 0.0909. The van der Waals surface area contributed by atoms with Crippen molar-refractivity contribution in [1.29, 1.82) is 0 Å². The Morgan fingerprint density at radius 2 is 2.10 bits per heavy atom. The van der Waals surface area contributed by atoms with Crippen LogP contribution in [-0.2, 0) is 6.67 Å². The lowest BCUT2D eigenvalue weighted by atomic mass is 10.3. The normalized spacial score (nSPS) is 11.0. The molecule has 10 nitrogen and oxygen atoms in total. The van der Waals surface area contributed by atoms with Gasteiger partial charge in [0.05, 0.1) is 5.52 Å². The molecule has 3 aromatic heterocycles. The highest BCUT2D eigenvalue weighted by Crippen LogP contribution is 2.20. The summed E-state index contributed by atoms with van der Waals surface area (Å²) in [5.41, 5.74) is 2.09. The number of hydrogen-bond acceptors (Lipinski definition) is 9. The van der Waals surface area contributed by atoms with Crippen LogP contribution in [0.25, 0.3) is 22.6 Å². The molecule has 1 aromatic carbocycles. The van der Waals surface area contributed by atoms with Gasteiger partial charge in [-0.3, -0.25) is 0 Å². The fourth-order valence-corrected chi connectivity index (χ4v) is 1.91. The van der Waals surface area contributed by atoms with Gasteiger partial charge in [-0.05, 0) is 22.4 Å². The van der Waals surface area contributed by atoms with Crippen molar-refractivity contribution >= 4 is 16.9 Å². The summed E-state index contributed by atoms with van der Waals surface area (Å²) >= 11 is 0. The summed E-state index contributed by atoms with van der Waals surface area (Å²) < 4.78 is 11.1. The lowest BCUT2D eigenvalue weighted by molar-refractivity contribution is 0.309. The van der Waals surface area contributed by atoms with E-state index in [2.05, 4.69) is 40.6 Å². The molecule has 104 valence electrons. The van der Waals surface area contributed by atoms with E-state index in [0.29, 0.717) is 24.0 Å². The van der Waals surface area contributed by atoms with Gasteiger partial charge >= 0.3 is 0 Å². The van der Waals surface area contributed by atoms with Crippen LogP contribution < -0.4 is 5.32 Å². The number of para-hydroxylation sites is 1. The third-order valence-electron chi connectivity index (χ3n) is 2.88. The van der Waals surface area contributed by atoms with Gasteiger partial charge in [0.25, 0.3) is 0 Å². The Labute approximate surface area is 116 Å². The third kappa shape index (κ3) is 1.98. The first-order valence-corrected chi connectivity index (χ1v) is 6.03. The molecule has 0 saturated carbocycles. The van der Waals surface area contributed by atoms with Crippen LogP contribution in [0.4, 0.5) is 5.82 Å². The highest BCUT2D eigenvalue weighted by Gasteiger charge is 2.16. The Hall–Kier alpha value is -3.30. The molecular formula is C11H8N8O2. The van der Waals surface area contributed by atoms with Crippen molar-refractivity contribution < 1.29 is 9.15 Å². The Bertz CT molecular complexity index is 865. The summed E-state index contributed by atoms with van der Waals surface area (Å²) in [6.07, 6.45) is 1.21. The van der Waals surface area contributed by atoms with E-state index in [4.69, 9.17) is 4.63 Å². The summed E-state index contributed by atoms with van der Waals surface area (Å²) in [5.74, 6) is 0.693. The van der Waals surface area contributed by atoms with Crippen LogP contribution in [0.2, 0.25) is 0 Å². The van der Waals surface area contributed by atoms with Gasteiger partial charge in [0.2, 0.25) is 18.0 Å². The van der Waals surface area contributed by atoms with Crippen molar-refractivity contribution in [2.24, 2.45) is 0 Å². The molecule has 0 bridgehead atoms. The number of nitrogens with one attached hydrogen (secondary N) is 1. The van der Waals surface area contributed by atoms with Crippen LogP contribution in [0.15, 0.2) is 39.8 Å². The Balaban J connectivity index is 1.59. The highest BCUT2D eigenvalue weighted by molar-refractivity contribution is 5.74. The van der Waals surface area contributed by atoms with E-state index in [1.54, 1.807) is 4.68 Å². The number of anilines is 1. The van der Waals surface area contributed by atoms with Crippen molar-refractivity contribution in [1.82, 2.24) is 35.4 Å². The molecular weight excluding hydrogens is 276 g/mol. The predicted octanol–water partition coefficient (Wildman–Crippen LogP) is 0.934. The highest BCUT2D eigenvalue weighted by atomic mass is 16.6. The summed E-state index contributed by atoms with van der Waals surface area (Å²) in [6.45, 7) is 0.347. The molecule has 0 fully saturated rings. The molecule has 4 aromatic rings. The maximum Gasteiger partial charge on any atom is 0.228 e. The van der Waals surface area contributed by atoms with Gasteiger partial charge in [-0.25, -0.2) is 9.31 Å². The molecule has 0 aliphatic carbocycles. The van der Waals surface area contributed by atoms with Gasteiger partial charge in [-0.1, -0.05) is 22.5 Å². The average Bonchev–Trinajstić information content (AvgIpc) is 3.25. The van der Waals surface area contributed by atoms with E-state index >= 15 is 0 Å². The second-order valence-corrected chi connectivity index (χ2v) is 4.13. The van der Waals surface area contributed by atoms with E-state index in [9.17, 15) is 0 Å². The van der Waals surface area contributed by atoms with Crippen LogP contribution in [0.5, 0.6) is 0 Å². The summed E-state index contributed by atoms with van der Waals surface area (Å²) in [4.78, 5) is 3.90. The topological polar surface area (TPSA) is 121 Å². The molecule has 4 rings (SSSR count). The Morgan fingerprint density at radius 1 is 1.14 bits per heavy atom. The van der Waals surface area contributed by atoms with Crippen molar-refractivity contribution in [3.05, 3.63) is 30.7 Å². The molecule has 0 amide bonds. The number of hydrogen-bond donors (Lipinski definition) is 1. The lowest BCUT2D eigenvalue weighted by Gasteiger charge is -2.03. The van der Waals surface area contributed by atoms with E-state index < -0.39 is 0 Å². The quantitative estimate of drug-likeness (QED) is 0.583. The Morgan fingerprint density at radius 3 is 3.00 bits per heavy atom. The maximum atomic E-state index is 4.70. The van der Waals surface area contributed by atoms with E-state index in [0.717, 1.165) is 11.0 Å². The van der Waals surface area contributed by atoms with Crippen LogP contribution in [0, 0.1) is 0 Å². The van der Waals surface area contributed by atoms with Crippen LogP contribution in [-0.4, -0.2) is 35.4 Å². The van der Waals surface area contributed by atoms with Gasteiger partial charge in [0.15, 0.2) is 5.69 Å². The van der Waals surface area contributed by atoms with Gasteiger partial charge in [-0.2, -0.15) is 4.98 Å². The molecule has 0 unspecified atom stereocenters. The summed E-state index contributed by atoms with van der Waals surface area (Å²) in [7, 11) is 0. The predicted molar refractivity (Wildman–Crippen MR) is 68.7 cm³/mol. The molecule has 0 radical (unpaired) electrons. The van der Waals surface area contributed by atoms with E-state index in [1.165, 1.54) is 6.39 Å². The monoisotopic (exact) mass is 284 g/mol. The standard InChI is InChI=1S/C11H8N8O2/c1-2-4-8-7(3-1)14-18-19(8)5-12-10-9(15-21-17-10)11-13-6-20-16-11/h1-4,6H,5H2,(H,12,17). The lowest BCUT2D eigenvalue weighted by Crippen LogP contribution is -2.10. The minimum absolute atomic E-state index is 0.294. The maximum absolute atomic E-state index is 4.70. The smallest absolute Gasteiger partial charge is 0.228 e.